The lowest BCUT2D eigenvalue weighted by atomic mass is 10.1. The monoisotopic (exact) mass is 218 g/mol. The van der Waals surface area contributed by atoms with Crippen molar-refractivity contribution in [3.8, 4) is 5.75 Å². The zero-order valence-corrected chi connectivity index (χ0v) is 9.22. The summed E-state index contributed by atoms with van der Waals surface area (Å²) in [5.41, 5.74) is 0. The van der Waals surface area contributed by atoms with Crippen LogP contribution in [0.5, 0.6) is 5.75 Å². The number of carbonyl (C=O) groups excluding carboxylic acids is 1. The van der Waals surface area contributed by atoms with E-state index in [4.69, 9.17) is 4.74 Å². The number of rotatable bonds is 3. The summed E-state index contributed by atoms with van der Waals surface area (Å²) in [6.45, 7) is 4.35. The highest BCUT2D eigenvalue weighted by Gasteiger charge is 2.31. The van der Waals surface area contributed by atoms with E-state index in [0.717, 1.165) is 0 Å². The van der Waals surface area contributed by atoms with Crippen molar-refractivity contribution in [2.24, 2.45) is 5.92 Å². The van der Waals surface area contributed by atoms with E-state index in [1.807, 2.05) is 6.08 Å². The summed E-state index contributed by atoms with van der Waals surface area (Å²) in [7, 11) is 1.58. The first-order valence-electron chi connectivity index (χ1n) is 5.18. The highest BCUT2D eigenvalue weighted by atomic mass is 16.5. The van der Waals surface area contributed by atoms with Crippen molar-refractivity contribution in [1.82, 2.24) is 4.98 Å². The molecule has 1 fully saturated rings. The minimum atomic E-state index is 0.0712. The maximum atomic E-state index is 11.8. The molecule has 4 nitrogen and oxygen atoms in total. The second-order valence-electron chi connectivity index (χ2n) is 3.73. The number of pyridine rings is 1. The molecule has 2 rings (SSSR count). The maximum absolute atomic E-state index is 11.8. The van der Waals surface area contributed by atoms with Crippen LogP contribution in [0.3, 0.4) is 0 Å². The van der Waals surface area contributed by atoms with Crippen LogP contribution in [-0.4, -0.2) is 24.5 Å². The van der Waals surface area contributed by atoms with Crippen molar-refractivity contribution >= 4 is 11.7 Å². The fourth-order valence-electron chi connectivity index (χ4n) is 1.84. The molecule has 1 aliphatic rings. The summed E-state index contributed by atoms with van der Waals surface area (Å²) in [6, 6.07) is 3.59. The molecule has 1 atom stereocenters. The van der Waals surface area contributed by atoms with E-state index in [1.54, 1.807) is 30.3 Å². The molecule has 1 saturated heterocycles. The van der Waals surface area contributed by atoms with Crippen LogP contribution in [0.25, 0.3) is 0 Å². The average molecular weight is 218 g/mol. The highest BCUT2D eigenvalue weighted by molar-refractivity contribution is 5.96. The molecule has 1 unspecified atom stereocenters. The fraction of sp³-hybridized carbons (Fsp3) is 0.333. The Balaban J connectivity index is 2.30. The van der Waals surface area contributed by atoms with E-state index in [1.165, 1.54) is 0 Å². The standard InChI is InChI=1S/C12H14N2O2/c1-3-9-7-11(15)14(8-9)12-10(16-2)5-4-6-13-12/h3-6,9H,1,7-8H2,2H3. The minimum Gasteiger partial charge on any atom is -0.493 e. The van der Waals surface area contributed by atoms with Gasteiger partial charge in [-0.2, -0.15) is 0 Å². The number of methoxy groups -OCH3 is 1. The molecule has 1 aromatic rings. The molecule has 0 bridgehead atoms. The van der Waals surface area contributed by atoms with Crippen LogP contribution in [0.4, 0.5) is 5.82 Å². The maximum Gasteiger partial charge on any atom is 0.228 e. The van der Waals surface area contributed by atoms with Gasteiger partial charge in [-0.25, -0.2) is 4.98 Å². The van der Waals surface area contributed by atoms with Gasteiger partial charge < -0.3 is 4.74 Å². The zero-order valence-electron chi connectivity index (χ0n) is 9.22. The zero-order chi connectivity index (χ0) is 11.5. The predicted octanol–water partition coefficient (Wildman–Crippen LogP) is 1.63. The van der Waals surface area contributed by atoms with E-state index < -0.39 is 0 Å². The molecule has 0 N–H and O–H groups in total. The Morgan fingerprint density at radius 3 is 3.12 bits per heavy atom. The number of aromatic nitrogens is 1. The third kappa shape index (κ3) is 1.78. The molecule has 4 heteroatoms. The smallest absolute Gasteiger partial charge is 0.228 e. The van der Waals surface area contributed by atoms with Crippen LogP contribution in [-0.2, 0) is 4.79 Å². The quantitative estimate of drug-likeness (QED) is 0.724. The summed E-state index contributed by atoms with van der Waals surface area (Å²) < 4.78 is 5.19. The lowest BCUT2D eigenvalue weighted by molar-refractivity contribution is -0.117. The van der Waals surface area contributed by atoms with Crippen LogP contribution in [0.15, 0.2) is 31.0 Å². The summed E-state index contributed by atoms with van der Waals surface area (Å²) in [5, 5.41) is 0. The van der Waals surface area contributed by atoms with Gasteiger partial charge in [0.1, 0.15) is 0 Å². The van der Waals surface area contributed by atoms with Gasteiger partial charge >= 0.3 is 0 Å². The first-order chi connectivity index (χ1) is 7.76. The molecule has 16 heavy (non-hydrogen) atoms. The van der Waals surface area contributed by atoms with Crippen molar-refractivity contribution in [1.29, 1.82) is 0 Å². The number of hydrogen-bond donors (Lipinski definition) is 0. The van der Waals surface area contributed by atoms with Gasteiger partial charge in [0.05, 0.1) is 7.11 Å². The second kappa shape index (κ2) is 4.35. The molecule has 0 aromatic carbocycles. The molecule has 84 valence electrons. The largest absolute Gasteiger partial charge is 0.493 e. The van der Waals surface area contributed by atoms with Crippen LogP contribution in [0.2, 0.25) is 0 Å². The van der Waals surface area contributed by atoms with Gasteiger partial charge in [0, 0.05) is 25.1 Å². The van der Waals surface area contributed by atoms with Crippen LogP contribution in [0.1, 0.15) is 6.42 Å². The number of anilines is 1. The fourth-order valence-corrected chi connectivity index (χ4v) is 1.84. The molecule has 0 radical (unpaired) electrons. The Morgan fingerprint density at radius 1 is 1.69 bits per heavy atom. The van der Waals surface area contributed by atoms with Gasteiger partial charge in [-0.1, -0.05) is 6.08 Å². The topological polar surface area (TPSA) is 42.4 Å². The van der Waals surface area contributed by atoms with Crippen LogP contribution >= 0.6 is 0 Å². The SMILES string of the molecule is C=CC1CC(=O)N(c2ncccc2OC)C1. The minimum absolute atomic E-state index is 0.0712. The number of carbonyl (C=O) groups is 1. The highest BCUT2D eigenvalue weighted by Crippen LogP contribution is 2.30. The number of hydrogen-bond acceptors (Lipinski definition) is 3. The van der Waals surface area contributed by atoms with E-state index in [0.29, 0.717) is 24.5 Å². The summed E-state index contributed by atoms with van der Waals surface area (Å²) in [4.78, 5) is 17.6. The molecular formula is C12H14N2O2. The van der Waals surface area contributed by atoms with E-state index >= 15 is 0 Å². The summed E-state index contributed by atoms with van der Waals surface area (Å²) in [6.07, 6.45) is 3.98. The van der Waals surface area contributed by atoms with Gasteiger partial charge in [-0.05, 0) is 12.1 Å². The van der Waals surface area contributed by atoms with Crippen molar-refractivity contribution in [3.05, 3.63) is 31.0 Å². The first kappa shape index (κ1) is 10.7. The van der Waals surface area contributed by atoms with Gasteiger partial charge in [0.15, 0.2) is 11.6 Å². The Bertz CT molecular complexity index is 417. The number of ether oxygens (including phenoxy) is 1. The Hall–Kier alpha value is -1.84. The van der Waals surface area contributed by atoms with Gasteiger partial charge in [-0.15, -0.1) is 6.58 Å². The summed E-state index contributed by atoms with van der Waals surface area (Å²) >= 11 is 0. The van der Waals surface area contributed by atoms with E-state index in [9.17, 15) is 4.79 Å². The van der Waals surface area contributed by atoms with E-state index in [2.05, 4.69) is 11.6 Å². The van der Waals surface area contributed by atoms with Crippen molar-refractivity contribution in [3.63, 3.8) is 0 Å². The number of amides is 1. The van der Waals surface area contributed by atoms with Gasteiger partial charge in [0.25, 0.3) is 0 Å². The first-order valence-corrected chi connectivity index (χ1v) is 5.18. The van der Waals surface area contributed by atoms with E-state index in [-0.39, 0.29) is 11.8 Å². The van der Waals surface area contributed by atoms with Crippen LogP contribution in [0, 0.1) is 5.92 Å². The predicted molar refractivity (Wildman–Crippen MR) is 61.4 cm³/mol. The third-order valence-corrected chi connectivity index (χ3v) is 2.71. The average Bonchev–Trinajstić information content (AvgIpc) is 2.70. The van der Waals surface area contributed by atoms with Crippen molar-refractivity contribution in [2.45, 2.75) is 6.42 Å². The molecular weight excluding hydrogens is 204 g/mol. The Kier molecular flexibility index (Phi) is 2.90. The molecule has 2 heterocycles. The molecule has 1 amide bonds. The van der Waals surface area contributed by atoms with Crippen LogP contribution < -0.4 is 9.64 Å². The lowest BCUT2D eigenvalue weighted by Gasteiger charge is -2.17. The Labute approximate surface area is 94.5 Å². The molecule has 0 aliphatic carbocycles. The van der Waals surface area contributed by atoms with Gasteiger partial charge in [-0.3, -0.25) is 9.69 Å². The normalized spacial score (nSPS) is 19.9. The molecule has 1 aliphatic heterocycles. The molecule has 0 spiro atoms. The van der Waals surface area contributed by atoms with Crippen molar-refractivity contribution < 1.29 is 9.53 Å². The summed E-state index contributed by atoms with van der Waals surface area (Å²) in [5.74, 6) is 1.50. The van der Waals surface area contributed by atoms with Crippen molar-refractivity contribution in [2.75, 3.05) is 18.6 Å². The Morgan fingerprint density at radius 2 is 2.50 bits per heavy atom. The number of nitrogens with zero attached hydrogens (tertiary/aromatic N) is 2. The molecule has 0 saturated carbocycles. The van der Waals surface area contributed by atoms with Gasteiger partial charge in [0.2, 0.25) is 5.91 Å². The molecule has 1 aromatic heterocycles. The lowest BCUT2D eigenvalue weighted by Crippen LogP contribution is -2.25. The second-order valence-corrected chi connectivity index (χ2v) is 3.73. The third-order valence-electron chi connectivity index (χ3n) is 2.71.